The van der Waals surface area contributed by atoms with E-state index in [4.69, 9.17) is 14.2 Å². The highest BCUT2D eigenvalue weighted by molar-refractivity contribution is 5.65. The van der Waals surface area contributed by atoms with E-state index in [-0.39, 0.29) is 25.0 Å². The minimum absolute atomic E-state index is 0.172. The van der Waals surface area contributed by atoms with Gasteiger partial charge in [0.1, 0.15) is 12.7 Å². The Morgan fingerprint density at radius 1 is 1.44 bits per heavy atom. The first-order valence-corrected chi connectivity index (χ1v) is 5.21. The van der Waals surface area contributed by atoms with Crippen LogP contribution in [0.25, 0.3) is 0 Å². The van der Waals surface area contributed by atoms with Gasteiger partial charge in [0.2, 0.25) is 0 Å². The molecule has 0 radical (unpaired) electrons. The van der Waals surface area contributed by atoms with Crippen molar-refractivity contribution < 1.29 is 19.0 Å². The molecule has 1 aliphatic rings. The van der Waals surface area contributed by atoms with E-state index in [1.807, 2.05) is 30.3 Å². The smallest absolute Gasteiger partial charge is 0.302 e. The van der Waals surface area contributed by atoms with Crippen LogP contribution in [0, 0.1) is 0 Å². The standard InChI is InChI=1S/C12H14O4/c1-9(13)14-7-11-8-15-12(16-11)10-5-3-2-4-6-10/h2-6,11-12H,7-8H2,1H3. The number of ether oxygens (including phenoxy) is 3. The molecule has 1 aromatic carbocycles. The minimum Gasteiger partial charge on any atom is -0.463 e. The van der Waals surface area contributed by atoms with E-state index in [1.165, 1.54) is 6.92 Å². The summed E-state index contributed by atoms with van der Waals surface area (Å²) in [6.45, 7) is 2.08. The van der Waals surface area contributed by atoms with E-state index in [9.17, 15) is 4.79 Å². The third-order valence-corrected chi connectivity index (χ3v) is 2.29. The van der Waals surface area contributed by atoms with Crippen molar-refractivity contribution in [2.45, 2.75) is 19.3 Å². The maximum atomic E-state index is 10.6. The van der Waals surface area contributed by atoms with Gasteiger partial charge in [0.25, 0.3) is 0 Å². The lowest BCUT2D eigenvalue weighted by molar-refractivity contribution is -0.145. The fourth-order valence-corrected chi connectivity index (χ4v) is 1.53. The number of hydrogen-bond donors (Lipinski definition) is 0. The van der Waals surface area contributed by atoms with Crippen LogP contribution in [0.3, 0.4) is 0 Å². The number of carbonyl (C=O) groups excluding carboxylic acids is 1. The van der Waals surface area contributed by atoms with Gasteiger partial charge in [-0.25, -0.2) is 0 Å². The zero-order valence-corrected chi connectivity index (χ0v) is 9.09. The summed E-state index contributed by atoms with van der Waals surface area (Å²) in [5.74, 6) is -0.299. The lowest BCUT2D eigenvalue weighted by Crippen LogP contribution is -2.19. The minimum atomic E-state index is -0.346. The van der Waals surface area contributed by atoms with E-state index < -0.39 is 0 Å². The van der Waals surface area contributed by atoms with Gasteiger partial charge in [-0.15, -0.1) is 0 Å². The second-order valence-electron chi connectivity index (χ2n) is 3.64. The Morgan fingerprint density at radius 2 is 2.19 bits per heavy atom. The van der Waals surface area contributed by atoms with Crippen molar-refractivity contribution in [2.24, 2.45) is 0 Å². The van der Waals surface area contributed by atoms with Crippen molar-refractivity contribution in [1.82, 2.24) is 0 Å². The van der Waals surface area contributed by atoms with Gasteiger partial charge in [-0.05, 0) is 0 Å². The summed E-state index contributed by atoms with van der Waals surface area (Å²) in [5.41, 5.74) is 0.979. The van der Waals surface area contributed by atoms with Gasteiger partial charge < -0.3 is 14.2 Å². The fraction of sp³-hybridized carbons (Fsp3) is 0.417. The van der Waals surface area contributed by atoms with E-state index >= 15 is 0 Å². The molecule has 1 fully saturated rings. The van der Waals surface area contributed by atoms with Crippen molar-refractivity contribution in [3.8, 4) is 0 Å². The van der Waals surface area contributed by atoms with Gasteiger partial charge in [0.05, 0.1) is 6.61 Å². The molecule has 2 unspecified atom stereocenters. The molecule has 0 saturated carbocycles. The molecule has 4 heteroatoms. The van der Waals surface area contributed by atoms with E-state index in [0.29, 0.717) is 6.61 Å². The summed E-state index contributed by atoms with van der Waals surface area (Å²) >= 11 is 0. The zero-order valence-electron chi connectivity index (χ0n) is 9.09. The molecule has 1 saturated heterocycles. The van der Waals surface area contributed by atoms with Gasteiger partial charge in [0.15, 0.2) is 6.29 Å². The van der Waals surface area contributed by atoms with E-state index in [0.717, 1.165) is 5.56 Å². The Balaban J connectivity index is 1.86. The van der Waals surface area contributed by atoms with Gasteiger partial charge in [-0.1, -0.05) is 30.3 Å². The van der Waals surface area contributed by atoms with Crippen LogP contribution < -0.4 is 0 Å². The van der Waals surface area contributed by atoms with Crippen LogP contribution >= 0.6 is 0 Å². The highest BCUT2D eigenvalue weighted by Crippen LogP contribution is 2.26. The third-order valence-electron chi connectivity index (χ3n) is 2.29. The SMILES string of the molecule is CC(=O)OCC1COC(c2ccccc2)O1. The van der Waals surface area contributed by atoms with Gasteiger partial charge in [-0.3, -0.25) is 4.79 Å². The summed E-state index contributed by atoms with van der Waals surface area (Å²) in [7, 11) is 0. The summed E-state index contributed by atoms with van der Waals surface area (Å²) in [6.07, 6.45) is -0.518. The molecule has 2 atom stereocenters. The largest absolute Gasteiger partial charge is 0.463 e. The maximum Gasteiger partial charge on any atom is 0.302 e. The molecule has 86 valence electrons. The zero-order chi connectivity index (χ0) is 11.4. The second kappa shape index (κ2) is 5.09. The highest BCUT2D eigenvalue weighted by Gasteiger charge is 2.27. The normalized spacial score (nSPS) is 24.3. The van der Waals surface area contributed by atoms with Crippen LogP contribution in [-0.4, -0.2) is 25.3 Å². The molecular formula is C12H14O4. The fourth-order valence-electron chi connectivity index (χ4n) is 1.53. The van der Waals surface area contributed by atoms with Crippen LogP contribution in [0.2, 0.25) is 0 Å². The monoisotopic (exact) mass is 222 g/mol. The number of carbonyl (C=O) groups is 1. The van der Waals surface area contributed by atoms with Crippen LogP contribution in [0.1, 0.15) is 18.8 Å². The molecule has 16 heavy (non-hydrogen) atoms. The van der Waals surface area contributed by atoms with Crippen molar-refractivity contribution in [2.75, 3.05) is 13.2 Å². The molecule has 2 rings (SSSR count). The molecule has 1 aliphatic heterocycles. The Hall–Kier alpha value is -1.39. The molecule has 0 aliphatic carbocycles. The summed E-state index contributed by atoms with van der Waals surface area (Å²) in [5, 5.41) is 0. The van der Waals surface area contributed by atoms with Gasteiger partial charge in [0, 0.05) is 12.5 Å². The Kier molecular flexibility index (Phi) is 3.54. The lowest BCUT2D eigenvalue weighted by atomic mass is 10.2. The molecule has 1 heterocycles. The first kappa shape index (κ1) is 11.1. The number of rotatable bonds is 3. The number of hydrogen-bond acceptors (Lipinski definition) is 4. The van der Waals surface area contributed by atoms with Crippen LogP contribution in [0.5, 0.6) is 0 Å². The van der Waals surface area contributed by atoms with E-state index in [2.05, 4.69) is 0 Å². The van der Waals surface area contributed by atoms with Gasteiger partial charge in [-0.2, -0.15) is 0 Å². The molecule has 0 aromatic heterocycles. The second-order valence-corrected chi connectivity index (χ2v) is 3.64. The van der Waals surface area contributed by atoms with Gasteiger partial charge >= 0.3 is 5.97 Å². The molecular weight excluding hydrogens is 208 g/mol. The Bertz CT molecular complexity index is 349. The average molecular weight is 222 g/mol. The highest BCUT2D eigenvalue weighted by atomic mass is 16.7. The quantitative estimate of drug-likeness (QED) is 0.730. The third kappa shape index (κ3) is 2.81. The number of benzene rings is 1. The van der Waals surface area contributed by atoms with Crippen LogP contribution in [0.15, 0.2) is 30.3 Å². The Morgan fingerprint density at radius 3 is 2.88 bits per heavy atom. The predicted molar refractivity (Wildman–Crippen MR) is 56.6 cm³/mol. The van der Waals surface area contributed by atoms with Crippen molar-refractivity contribution in [1.29, 1.82) is 0 Å². The van der Waals surface area contributed by atoms with Crippen molar-refractivity contribution >= 4 is 5.97 Å². The van der Waals surface area contributed by atoms with Crippen molar-refractivity contribution in [3.05, 3.63) is 35.9 Å². The predicted octanol–water partition coefficient (Wildman–Crippen LogP) is 1.66. The van der Waals surface area contributed by atoms with Crippen LogP contribution in [0.4, 0.5) is 0 Å². The molecule has 0 spiro atoms. The lowest BCUT2D eigenvalue weighted by Gasteiger charge is -2.11. The molecule has 0 amide bonds. The summed E-state index contributed by atoms with van der Waals surface area (Å²) in [4.78, 5) is 10.6. The first-order chi connectivity index (χ1) is 7.75. The number of esters is 1. The molecule has 0 N–H and O–H groups in total. The average Bonchev–Trinajstić information content (AvgIpc) is 2.76. The first-order valence-electron chi connectivity index (χ1n) is 5.21. The topological polar surface area (TPSA) is 44.8 Å². The molecule has 0 bridgehead atoms. The Labute approximate surface area is 94.1 Å². The summed E-state index contributed by atoms with van der Waals surface area (Å²) < 4.78 is 15.9. The molecule has 4 nitrogen and oxygen atoms in total. The van der Waals surface area contributed by atoms with Crippen LogP contribution in [-0.2, 0) is 19.0 Å². The molecule has 1 aromatic rings. The van der Waals surface area contributed by atoms with E-state index in [1.54, 1.807) is 0 Å². The summed E-state index contributed by atoms with van der Waals surface area (Å²) in [6, 6.07) is 9.69. The van der Waals surface area contributed by atoms with Crippen molar-refractivity contribution in [3.63, 3.8) is 0 Å². The maximum absolute atomic E-state index is 10.6.